The Balaban J connectivity index is 2.35. The SMILES string of the molecule is C#[N+]c1ccc(C(=O)N[C@H](Cc2cnc[nH]2)C(=O)OC)c(S(=O)(=O)[O-])c1. The first-order chi connectivity index (χ1) is 12.3. The molecule has 1 aromatic carbocycles. The third-order valence-electron chi connectivity index (χ3n) is 3.40. The summed E-state index contributed by atoms with van der Waals surface area (Å²) < 4.78 is 38.9. The van der Waals surface area contributed by atoms with Crippen molar-refractivity contribution >= 4 is 27.7 Å². The highest BCUT2D eigenvalue weighted by molar-refractivity contribution is 7.85. The van der Waals surface area contributed by atoms with Crippen molar-refractivity contribution in [3.05, 3.63) is 46.8 Å². The highest BCUT2D eigenvalue weighted by atomic mass is 32.2. The van der Waals surface area contributed by atoms with Crippen molar-refractivity contribution in [1.82, 2.24) is 15.3 Å². The maximum absolute atomic E-state index is 12.5. The fourth-order valence-electron chi connectivity index (χ4n) is 2.17. The van der Waals surface area contributed by atoms with E-state index in [2.05, 4.69) is 24.9 Å². The number of methoxy groups -OCH3 is 1. The summed E-state index contributed by atoms with van der Waals surface area (Å²) in [5.41, 5.74) is 0.0958. The molecule has 0 radical (unpaired) electrons. The molecule has 1 heterocycles. The Morgan fingerprint density at radius 2 is 2.19 bits per heavy atom. The average Bonchev–Trinajstić information content (AvgIpc) is 3.12. The van der Waals surface area contributed by atoms with Crippen LogP contribution < -0.4 is 5.32 Å². The lowest BCUT2D eigenvalue weighted by atomic mass is 10.1. The summed E-state index contributed by atoms with van der Waals surface area (Å²) >= 11 is 0. The lowest BCUT2D eigenvalue weighted by Gasteiger charge is -2.17. The molecule has 0 bridgehead atoms. The van der Waals surface area contributed by atoms with Gasteiger partial charge in [-0.1, -0.05) is 0 Å². The molecule has 0 aliphatic carbocycles. The molecule has 0 spiro atoms. The number of imidazole rings is 1. The molecule has 2 aromatic rings. The number of carbonyl (C=O) groups is 2. The lowest BCUT2D eigenvalue weighted by molar-refractivity contribution is -0.142. The molecule has 2 N–H and O–H groups in total. The topological polar surface area (TPSA) is 146 Å². The highest BCUT2D eigenvalue weighted by Gasteiger charge is 2.26. The summed E-state index contributed by atoms with van der Waals surface area (Å²) in [4.78, 5) is 33.4. The second-order valence-corrected chi connectivity index (χ2v) is 6.44. The van der Waals surface area contributed by atoms with Gasteiger partial charge in [0.25, 0.3) is 12.5 Å². The van der Waals surface area contributed by atoms with Crippen molar-refractivity contribution in [2.45, 2.75) is 17.4 Å². The molecule has 10 nitrogen and oxygen atoms in total. The van der Waals surface area contributed by atoms with Gasteiger partial charge in [0.2, 0.25) is 0 Å². The smallest absolute Gasteiger partial charge is 0.341 e. The van der Waals surface area contributed by atoms with Crippen molar-refractivity contribution in [3.63, 3.8) is 0 Å². The molecule has 2 rings (SSSR count). The van der Waals surface area contributed by atoms with Gasteiger partial charge in [0.1, 0.15) is 16.2 Å². The standard InChI is InChI=1S/C15H14N4O6S/c1-16-9-3-4-11(13(6-9)26(22,23)24)14(20)19-12(15(21)25-2)5-10-7-17-8-18-10/h1,3-4,6-8,12H,5H2,2H3,(H2-,17,18,19,20,22,23,24)/t12-/m1/s1. The number of esters is 1. The molecule has 0 aliphatic rings. The second-order valence-electron chi connectivity index (χ2n) is 5.09. The molecule has 1 atom stereocenters. The fraction of sp³-hybridized carbons (Fsp3) is 0.200. The maximum atomic E-state index is 12.5. The molecule has 0 saturated carbocycles. The summed E-state index contributed by atoms with van der Waals surface area (Å²) in [6, 6.07) is 2.08. The Morgan fingerprint density at radius 3 is 2.73 bits per heavy atom. The number of ether oxygens (including phenoxy) is 1. The summed E-state index contributed by atoms with van der Waals surface area (Å²) in [6.45, 7) is 5.06. The number of amides is 1. The van der Waals surface area contributed by atoms with Crippen molar-refractivity contribution in [2.75, 3.05) is 7.11 Å². The van der Waals surface area contributed by atoms with Crippen molar-refractivity contribution in [2.24, 2.45) is 0 Å². The average molecular weight is 378 g/mol. The summed E-state index contributed by atoms with van der Waals surface area (Å²) in [5, 5.41) is 2.35. The van der Waals surface area contributed by atoms with E-state index in [1.807, 2.05) is 0 Å². The molecule has 0 saturated heterocycles. The van der Waals surface area contributed by atoms with Gasteiger partial charge in [0.05, 0.1) is 23.9 Å². The van der Waals surface area contributed by atoms with Crippen molar-refractivity contribution in [1.29, 1.82) is 0 Å². The first-order valence-electron chi connectivity index (χ1n) is 7.13. The Labute approximate surface area is 148 Å². The number of carbonyl (C=O) groups excluding carboxylic acids is 2. The van der Waals surface area contributed by atoms with E-state index >= 15 is 0 Å². The maximum Gasteiger partial charge on any atom is 0.341 e. The van der Waals surface area contributed by atoms with Crippen molar-refractivity contribution < 1.29 is 27.3 Å². The normalized spacial score (nSPS) is 12.0. The fourth-order valence-corrected chi connectivity index (χ4v) is 2.87. The Kier molecular flexibility index (Phi) is 5.71. The minimum absolute atomic E-state index is 0.00190. The van der Waals surface area contributed by atoms with Gasteiger partial charge in [0.15, 0.2) is 0 Å². The summed E-state index contributed by atoms with van der Waals surface area (Å²) in [6.07, 6.45) is 2.86. The molecular formula is C15H14N4O6S. The van der Waals surface area contributed by atoms with Crippen LogP contribution >= 0.6 is 0 Å². The number of aromatic amines is 1. The zero-order chi connectivity index (χ0) is 19.3. The minimum Gasteiger partial charge on any atom is -0.744 e. The van der Waals surface area contributed by atoms with E-state index in [0.717, 1.165) is 19.2 Å². The van der Waals surface area contributed by atoms with Crippen LogP contribution in [0.4, 0.5) is 5.69 Å². The highest BCUT2D eigenvalue weighted by Crippen LogP contribution is 2.22. The first-order valence-corrected chi connectivity index (χ1v) is 8.54. The Bertz CT molecular complexity index is 963. The van der Waals surface area contributed by atoms with Crippen LogP contribution in [-0.2, 0) is 26.1 Å². The molecular weight excluding hydrogens is 364 g/mol. The van der Waals surface area contributed by atoms with E-state index in [1.54, 1.807) is 0 Å². The molecule has 136 valence electrons. The van der Waals surface area contributed by atoms with Crippen LogP contribution in [0.3, 0.4) is 0 Å². The van der Waals surface area contributed by atoms with Gasteiger partial charge in [0, 0.05) is 30.4 Å². The van der Waals surface area contributed by atoms with Crippen LogP contribution in [0.1, 0.15) is 16.1 Å². The summed E-state index contributed by atoms with van der Waals surface area (Å²) in [5.74, 6) is -1.70. The number of benzene rings is 1. The number of rotatable bonds is 6. The van der Waals surface area contributed by atoms with Crippen LogP contribution in [0.25, 0.3) is 4.85 Å². The minimum atomic E-state index is -4.98. The molecule has 1 aromatic heterocycles. The van der Waals surface area contributed by atoms with Gasteiger partial charge < -0.3 is 19.6 Å². The van der Waals surface area contributed by atoms with E-state index in [9.17, 15) is 22.6 Å². The van der Waals surface area contributed by atoms with E-state index in [-0.39, 0.29) is 12.1 Å². The quantitative estimate of drug-likeness (QED) is 0.547. The molecule has 0 aliphatic heterocycles. The molecule has 0 unspecified atom stereocenters. The molecule has 0 fully saturated rings. The number of aromatic nitrogens is 2. The van der Waals surface area contributed by atoms with Crippen LogP contribution in [0.2, 0.25) is 0 Å². The zero-order valence-corrected chi connectivity index (χ0v) is 14.3. The van der Waals surface area contributed by atoms with E-state index in [1.165, 1.54) is 18.6 Å². The molecule has 11 heteroatoms. The van der Waals surface area contributed by atoms with Crippen LogP contribution in [-0.4, -0.2) is 48.0 Å². The number of nitrogens with one attached hydrogen (secondary N) is 2. The van der Waals surface area contributed by atoms with Gasteiger partial charge >= 0.3 is 11.7 Å². The number of nitrogens with zero attached hydrogens (tertiary/aromatic N) is 2. The zero-order valence-electron chi connectivity index (χ0n) is 13.5. The van der Waals surface area contributed by atoms with Crippen LogP contribution in [0.5, 0.6) is 0 Å². The second kappa shape index (κ2) is 7.77. The molecule has 26 heavy (non-hydrogen) atoms. The van der Waals surface area contributed by atoms with E-state index in [4.69, 9.17) is 6.57 Å². The van der Waals surface area contributed by atoms with Gasteiger partial charge in [-0.15, -0.1) is 0 Å². The number of H-pyrrole nitrogens is 1. The van der Waals surface area contributed by atoms with Crippen LogP contribution in [0, 0.1) is 6.57 Å². The Morgan fingerprint density at radius 1 is 1.46 bits per heavy atom. The third kappa shape index (κ3) is 4.44. The largest absolute Gasteiger partial charge is 0.744 e. The lowest BCUT2D eigenvalue weighted by Crippen LogP contribution is -2.43. The Hall–Kier alpha value is -3.23. The molecule has 1 amide bonds. The van der Waals surface area contributed by atoms with Crippen molar-refractivity contribution in [3.8, 4) is 6.57 Å². The van der Waals surface area contributed by atoms with Gasteiger partial charge in [-0.25, -0.2) is 18.2 Å². The predicted octanol–water partition coefficient (Wildman–Crippen LogP) is 0.422. The summed E-state index contributed by atoms with van der Waals surface area (Å²) in [7, 11) is -3.84. The van der Waals surface area contributed by atoms with Crippen LogP contribution in [0.15, 0.2) is 35.6 Å². The third-order valence-corrected chi connectivity index (χ3v) is 4.27. The van der Waals surface area contributed by atoms with Gasteiger partial charge in [-0.2, -0.15) is 0 Å². The number of hydrogen-bond acceptors (Lipinski definition) is 7. The monoisotopic (exact) mass is 378 g/mol. The predicted molar refractivity (Wildman–Crippen MR) is 87.9 cm³/mol. The van der Waals surface area contributed by atoms with E-state index < -0.39 is 38.5 Å². The van der Waals surface area contributed by atoms with Gasteiger partial charge in [-0.3, -0.25) is 4.79 Å². The number of hydrogen-bond donors (Lipinski definition) is 2. The first kappa shape index (κ1) is 19.1. The van der Waals surface area contributed by atoms with Gasteiger partial charge in [-0.05, 0) is 10.9 Å². The van der Waals surface area contributed by atoms with E-state index in [0.29, 0.717) is 5.69 Å².